The van der Waals surface area contributed by atoms with Crippen molar-refractivity contribution < 1.29 is 0 Å². The number of fused-ring (bicyclic) bond motifs is 3. The first-order valence-corrected chi connectivity index (χ1v) is 4.17. The summed E-state index contributed by atoms with van der Waals surface area (Å²) in [7, 11) is 0. The summed E-state index contributed by atoms with van der Waals surface area (Å²) in [6.45, 7) is 0. The monoisotopic (exact) mass is 186 g/mol. The van der Waals surface area contributed by atoms with E-state index in [1.165, 1.54) is 12.3 Å². The van der Waals surface area contributed by atoms with Crippen LogP contribution >= 0.6 is 0 Å². The molecule has 0 amide bonds. The molecule has 0 aliphatic heterocycles. The third-order valence-corrected chi connectivity index (χ3v) is 2.20. The number of nitrogens with zero attached hydrogens (tertiary/aromatic N) is 2. The summed E-state index contributed by atoms with van der Waals surface area (Å²) in [4.78, 5) is 15.7. The van der Waals surface area contributed by atoms with Gasteiger partial charge in [-0.2, -0.15) is 5.10 Å². The van der Waals surface area contributed by atoms with Crippen molar-refractivity contribution >= 4 is 21.9 Å². The Kier molecular flexibility index (Phi) is 1.25. The Morgan fingerprint density at radius 2 is 2.00 bits per heavy atom. The normalized spacial score (nSPS) is 11.1. The second kappa shape index (κ2) is 2.41. The van der Waals surface area contributed by atoms with Gasteiger partial charge in [0, 0.05) is 12.3 Å². The van der Waals surface area contributed by atoms with Crippen LogP contribution < -0.4 is 5.43 Å². The van der Waals surface area contributed by atoms with Crippen LogP contribution in [0.25, 0.3) is 21.9 Å². The van der Waals surface area contributed by atoms with Crippen LogP contribution in [-0.4, -0.2) is 20.4 Å². The summed E-state index contributed by atoms with van der Waals surface area (Å²) in [6, 6.07) is 5.05. The third kappa shape index (κ3) is 0.806. The average Bonchev–Trinajstić information content (AvgIpc) is 2.65. The zero-order chi connectivity index (χ0) is 9.54. The Hall–Kier alpha value is -2.17. The maximum atomic E-state index is 11.6. The summed E-state index contributed by atoms with van der Waals surface area (Å²) in [5.41, 5.74) is 2.09. The molecule has 1 aromatic carbocycles. The van der Waals surface area contributed by atoms with Gasteiger partial charge in [-0.25, -0.2) is 5.21 Å². The van der Waals surface area contributed by atoms with Gasteiger partial charge >= 0.3 is 0 Å². The zero-order valence-corrected chi connectivity index (χ0v) is 7.11. The molecule has 0 saturated heterocycles. The molecule has 3 rings (SSSR count). The van der Waals surface area contributed by atoms with Crippen molar-refractivity contribution in [1.82, 2.24) is 20.4 Å². The number of hydrogen-bond donors (Lipinski definition) is 2. The van der Waals surface area contributed by atoms with E-state index in [-0.39, 0.29) is 5.43 Å². The minimum atomic E-state index is -0.0433. The Balaban J connectivity index is 2.74. The summed E-state index contributed by atoms with van der Waals surface area (Å²) in [6.07, 6.45) is 1.51. The van der Waals surface area contributed by atoms with Gasteiger partial charge in [0.25, 0.3) is 0 Å². The maximum Gasteiger partial charge on any atom is 0.191 e. The predicted octanol–water partition coefficient (Wildman–Crippen LogP) is 0.799. The van der Waals surface area contributed by atoms with Crippen molar-refractivity contribution in [3.8, 4) is 0 Å². The van der Waals surface area contributed by atoms with Gasteiger partial charge in [-0.15, -0.1) is 0 Å². The lowest BCUT2D eigenvalue weighted by atomic mass is 10.2. The molecule has 0 atom stereocenters. The topological polar surface area (TPSA) is 74.4 Å². The van der Waals surface area contributed by atoms with E-state index in [2.05, 4.69) is 20.4 Å². The molecule has 14 heavy (non-hydrogen) atoms. The smallest absolute Gasteiger partial charge is 0.191 e. The molecule has 0 saturated carbocycles. The fourth-order valence-electron chi connectivity index (χ4n) is 1.57. The Labute approximate surface area is 77.8 Å². The molecule has 0 unspecified atom stereocenters. The Bertz CT molecular complexity index is 667. The first-order valence-electron chi connectivity index (χ1n) is 4.17. The molecule has 0 aliphatic carbocycles. The first kappa shape index (κ1) is 7.25. The molecule has 0 bridgehead atoms. The molecular weight excluding hydrogens is 180 g/mol. The predicted molar refractivity (Wildman–Crippen MR) is 52.0 cm³/mol. The number of benzene rings is 1. The fraction of sp³-hybridized carbons (Fsp3) is 0. The van der Waals surface area contributed by atoms with Gasteiger partial charge in [0.2, 0.25) is 0 Å². The molecule has 2 N–H and O–H groups in total. The highest BCUT2D eigenvalue weighted by Crippen LogP contribution is 2.16. The standard InChI is InChI=1S/C9H6N4O/c14-7-3-4-10-5-1-2-6-9(8(5)7)12-13-11-6/h1-4,12-13H. The molecule has 2 heterocycles. The van der Waals surface area contributed by atoms with Gasteiger partial charge in [-0.05, 0) is 12.1 Å². The maximum absolute atomic E-state index is 11.6. The van der Waals surface area contributed by atoms with E-state index >= 15 is 0 Å². The average molecular weight is 186 g/mol. The first-order chi connectivity index (χ1) is 6.86. The molecular formula is C9H6N4O. The number of rotatable bonds is 0. The van der Waals surface area contributed by atoms with E-state index in [0.29, 0.717) is 16.4 Å². The minimum Gasteiger partial charge on any atom is -0.289 e. The molecule has 0 fully saturated rings. The van der Waals surface area contributed by atoms with Crippen LogP contribution in [0.4, 0.5) is 0 Å². The number of pyridine rings is 1. The fourth-order valence-corrected chi connectivity index (χ4v) is 1.57. The van der Waals surface area contributed by atoms with Crippen molar-refractivity contribution in [3.05, 3.63) is 34.6 Å². The van der Waals surface area contributed by atoms with Crippen molar-refractivity contribution in [2.24, 2.45) is 0 Å². The van der Waals surface area contributed by atoms with Crippen molar-refractivity contribution in [3.63, 3.8) is 0 Å². The van der Waals surface area contributed by atoms with Crippen LogP contribution in [0.3, 0.4) is 0 Å². The number of hydrogen-bond acceptors (Lipinski definition) is 3. The van der Waals surface area contributed by atoms with Crippen molar-refractivity contribution in [2.45, 2.75) is 0 Å². The van der Waals surface area contributed by atoms with E-state index in [1.807, 2.05) is 6.07 Å². The van der Waals surface area contributed by atoms with E-state index in [4.69, 9.17) is 0 Å². The van der Waals surface area contributed by atoms with Crippen molar-refractivity contribution in [1.29, 1.82) is 0 Å². The van der Waals surface area contributed by atoms with Gasteiger partial charge < -0.3 is 0 Å². The molecule has 5 heteroatoms. The number of nitrogens with one attached hydrogen (secondary N) is 2. The summed E-state index contributed by atoms with van der Waals surface area (Å²) < 4.78 is 0. The third-order valence-electron chi connectivity index (χ3n) is 2.20. The molecule has 68 valence electrons. The number of aromatic amines is 2. The van der Waals surface area contributed by atoms with Gasteiger partial charge in [-0.1, -0.05) is 0 Å². The van der Waals surface area contributed by atoms with Gasteiger partial charge in [-0.3, -0.25) is 14.9 Å². The van der Waals surface area contributed by atoms with E-state index in [0.717, 1.165) is 5.52 Å². The molecule has 2 aromatic heterocycles. The number of aromatic nitrogens is 4. The highest BCUT2D eigenvalue weighted by molar-refractivity contribution is 6.01. The van der Waals surface area contributed by atoms with Gasteiger partial charge in [0.05, 0.1) is 16.4 Å². The summed E-state index contributed by atoms with van der Waals surface area (Å²) >= 11 is 0. The highest BCUT2D eigenvalue weighted by atomic mass is 16.1. The van der Waals surface area contributed by atoms with Crippen LogP contribution in [0.1, 0.15) is 0 Å². The van der Waals surface area contributed by atoms with E-state index < -0.39 is 0 Å². The SMILES string of the molecule is O=c1ccnc2ccc3n[nH][nH]c3c12. The quantitative estimate of drug-likeness (QED) is 0.545. The summed E-state index contributed by atoms with van der Waals surface area (Å²) in [5.74, 6) is 0. The summed E-state index contributed by atoms with van der Waals surface area (Å²) in [5, 5.41) is 9.99. The Morgan fingerprint density at radius 1 is 1.14 bits per heavy atom. The van der Waals surface area contributed by atoms with E-state index in [9.17, 15) is 4.79 Å². The highest BCUT2D eigenvalue weighted by Gasteiger charge is 2.05. The largest absolute Gasteiger partial charge is 0.289 e. The molecule has 3 aromatic rings. The molecule has 0 aliphatic rings. The molecule has 0 spiro atoms. The zero-order valence-electron chi connectivity index (χ0n) is 7.11. The van der Waals surface area contributed by atoms with Crippen LogP contribution in [0.5, 0.6) is 0 Å². The van der Waals surface area contributed by atoms with E-state index in [1.54, 1.807) is 6.07 Å². The van der Waals surface area contributed by atoms with Crippen LogP contribution in [0.2, 0.25) is 0 Å². The van der Waals surface area contributed by atoms with Crippen molar-refractivity contribution in [2.75, 3.05) is 0 Å². The lowest BCUT2D eigenvalue weighted by Gasteiger charge is -1.94. The van der Waals surface area contributed by atoms with Crippen LogP contribution in [0.15, 0.2) is 29.2 Å². The lowest BCUT2D eigenvalue weighted by Crippen LogP contribution is -2.00. The molecule has 0 radical (unpaired) electrons. The Morgan fingerprint density at radius 3 is 2.93 bits per heavy atom. The second-order valence-corrected chi connectivity index (χ2v) is 3.01. The lowest BCUT2D eigenvalue weighted by molar-refractivity contribution is 0.960. The minimum absolute atomic E-state index is 0.0433. The van der Waals surface area contributed by atoms with Gasteiger partial charge in [0.15, 0.2) is 5.43 Å². The van der Waals surface area contributed by atoms with Crippen LogP contribution in [0, 0.1) is 0 Å². The number of H-pyrrole nitrogens is 2. The van der Waals surface area contributed by atoms with Gasteiger partial charge in [0.1, 0.15) is 5.52 Å². The van der Waals surface area contributed by atoms with Crippen LogP contribution in [-0.2, 0) is 0 Å². The molecule has 5 nitrogen and oxygen atoms in total. The second-order valence-electron chi connectivity index (χ2n) is 3.01.